The molecule has 1 aliphatic heterocycles. The van der Waals surface area contributed by atoms with Gasteiger partial charge in [0.2, 0.25) is 5.91 Å². The summed E-state index contributed by atoms with van der Waals surface area (Å²) in [6.45, 7) is 7.23. The smallest absolute Gasteiger partial charge is 0.252 e. The van der Waals surface area contributed by atoms with E-state index in [9.17, 15) is 4.79 Å². The van der Waals surface area contributed by atoms with E-state index in [0.717, 1.165) is 54.6 Å². The van der Waals surface area contributed by atoms with E-state index < -0.39 is 0 Å². The lowest BCUT2D eigenvalue weighted by Gasteiger charge is -2.28. The number of anilines is 2. The van der Waals surface area contributed by atoms with Gasteiger partial charge < -0.3 is 15.0 Å². The van der Waals surface area contributed by atoms with E-state index >= 15 is 0 Å². The molecule has 0 bridgehead atoms. The largest absolute Gasteiger partial charge is 0.378 e. The van der Waals surface area contributed by atoms with Gasteiger partial charge in [-0.15, -0.1) is 0 Å². The van der Waals surface area contributed by atoms with Gasteiger partial charge in [-0.2, -0.15) is 10.1 Å². The van der Waals surface area contributed by atoms with Crippen LogP contribution < -0.4 is 10.2 Å². The summed E-state index contributed by atoms with van der Waals surface area (Å²) in [6, 6.07) is 7.97. The van der Waals surface area contributed by atoms with Gasteiger partial charge in [-0.1, -0.05) is 0 Å². The van der Waals surface area contributed by atoms with Crippen LogP contribution in [-0.2, 0) is 16.0 Å². The van der Waals surface area contributed by atoms with Crippen molar-refractivity contribution < 1.29 is 9.53 Å². The van der Waals surface area contributed by atoms with E-state index in [1.54, 1.807) is 4.52 Å². The fraction of sp³-hybridized carbons (Fsp3) is 0.400. The fourth-order valence-corrected chi connectivity index (χ4v) is 3.56. The Balaban J connectivity index is 1.37. The molecule has 3 aromatic rings. The van der Waals surface area contributed by atoms with Crippen LogP contribution in [0, 0.1) is 13.8 Å². The number of aromatic nitrogens is 4. The molecule has 1 aliphatic rings. The minimum atomic E-state index is -0.0170. The van der Waals surface area contributed by atoms with Crippen LogP contribution in [0.3, 0.4) is 0 Å². The summed E-state index contributed by atoms with van der Waals surface area (Å²) < 4.78 is 7.10. The Labute approximate surface area is 163 Å². The van der Waals surface area contributed by atoms with Crippen LogP contribution in [0.15, 0.2) is 30.6 Å². The number of carbonyl (C=O) groups excluding carboxylic acids is 1. The van der Waals surface area contributed by atoms with E-state index in [2.05, 4.69) is 25.3 Å². The normalized spacial score (nSPS) is 14.4. The quantitative estimate of drug-likeness (QED) is 0.730. The van der Waals surface area contributed by atoms with Crippen molar-refractivity contribution in [1.29, 1.82) is 0 Å². The highest BCUT2D eigenvalue weighted by molar-refractivity contribution is 5.91. The zero-order chi connectivity index (χ0) is 19.5. The molecule has 146 valence electrons. The maximum Gasteiger partial charge on any atom is 0.252 e. The molecule has 0 spiro atoms. The number of fused-ring (bicyclic) bond motifs is 1. The zero-order valence-corrected chi connectivity index (χ0v) is 16.2. The molecule has 1 fully saturated rings. The number of hydrogen-bond donors (Lipinski definition) is 1. The first-order valence-electron chi connectivity index (χ1n) is 9.50. The standard InChI is InChI=1S/C20H24N6O2/c1-14-18(15(2)26-20(23-14)21-13-22-26)7-8-19(27)24-16-3-5-17(6-4-16)25-9-11-28-12-10-25/h3-6,13H,7-12H2,1-2H3,(H,24,27). The Morgan fingerprint density at radius 1 is 1.18 bits per heavy atom. The lowest BCUT2D eigenvalue weighted by Crippen LogP contribution is -2.36. The monoisotopic (exact) mass is 380 g/mol. The van der Waals surface area contributed by atoms with Crippen molar-refractivity contribution in [3.8, 4) is 0 Å². The Kier molecular flexibility index (Phi) is 5.21. The van der Waals surface area contributed by atoms with Gasteiger partial charge in [0, 0.05) is 42.3 Å². The third-order valence-electron chi connectivity index (χ3n) is 5.12. The molecule has 0 radical (unpaired) electrons. The number of carbonyl (C=O) groups is 1. The minimum Gasteiger partial charge on any atom is -0.378 e. The van der Waals surface area contributed by atoms with Crippen LogP contribution in [0.1, 0.15) is 23.4 Å². The molecule has 0 saturated carbocycles. The van der Waals surface area contributed by atoms with Crippen molar-refractivity contribution in [2.45, 2.75) is 26.7 Å². The van der Waals surface area contributed by atoms with Crippen LogP contribution in [0.5, 0.6) is 0 Å². The topological polar surface area (TPSA) is 84.6 Å². The van der Waals surface area contributed by atoms with Crippen LogP contribution in [-0.4, -0.2) is 51.8 Å². The van der Waals surface area contributed by atoms with Crippen LogP contribution in [0.2, 0.25) is 0 Å². The van der Waals surface area contributed by atoms with Gasteiger partial charge >= 0.3 is 0 Å². The predicted octanol–water partition coefficient (Wildman–Crippen LogP) is 2.15. The number of rotatable bonds is 5. The second-order valence-corrected chi connectivity index (χ2v) is 6.93. The molecule has 0 aliphatic carbocycles. The van der Waals surface area contributed by atoms with Crippen molar-refractivity contribution in [3.05, 3.63) is 47.5 Å². The van der Waals surface area contributed by atoms with Crippen molar-refractivity contribution in [2.24, 2.45) is 0 Å². The first kappa shape index (κ1) is 18.4. The molecule has 0 atom stereocenters. The molecule has 1 saturated heterocycles. The molecule has 1 N–H and O–H groups in total. The Morgan fingerprint density at radius 3 is 2.68 bits per heavy atom. The average molecular weight is 380 g/mol. The second-order valence-electron chi connectivity index (χ2n) is 6.93. The lowest BCUT2D eigenvalue weighted by molar-refractivity contribution is -0.116. The molecule has 28 heavy (non-hydrogen) atoms. The van der Waals surface area contributed by atoms with Gasteiger partial charge in [0.1, 0.15) is 6.33 Å². The van der Waals surface area contributed by atoms with Crippen molar-refractivity contribution >= 4 is 23.1 Å². The number of ether oxygens (including phenoxy) is 1. The summed E-state index contributed by atoms with van der Waals surface area (Å²) in [5.41, 5.74) is 4.86. The summed E-state index contributed by atoms with van der Waals surface area (Å²) >= 11 is 0. The molecule has 1 amide bonds. The SMILES string of the molecule is Cc1nc2ncnn2c(C)c1CCC(=O)Nc1ccc(N2CCOCC2)cc1. The molecule has 0 unspecified atom stereocenters. The van der Waals surface area contributed by atoms with Gasteiger partial charge in [-0.3, -0.25) is 4.79 Å². The highest BCUT2D eigenvalue weighted by Crippen LogP contribution is 2.20. The maximum absolute atomic E-state index is 12.4. The van der Waals surface area contributed by atoms with Gasteiger partial charge in [0.25, 0.3) is 5.78 Å². The molecule has 1 aromatic carbocycles. The molecule has 8 nitrogen and oxygen atoms in total. The van der Waals surface area contributed by atoms with E-state index in [0.29, 0.717) is 18.6 Å². The Bertz CT molecular complexity index is 976. The van der Waals surface area contributed by atoms with Gasteiger partial charge in [0.15, 0.2) is 0 Å². The number of aryl methyl sites for hydroxylation is 2. The first-order valence-corrected chi connectivity index (χ1v) is 9.50. The summed E-state index contributed by atoms with van der Waals surface area (Å²) in [7, 11) is 0. The molecule has 4 rings (SSSR count). The maximum atomic E-state index is 12.4. The summed E-state index contributed by atoms with van der Waals surface area (Å²) in [4.78, 5) is 23.3. The molecular formula is C20H24N6O2. The number of nitrogens with zero attached hydrogens (tertiary/aromatic N) is 5. The second kappa shape index (κ2) is 7.93. The van der Waals surface area contributed by atoms with Crippen LogP contribution in [0.4, 0.5) is 11.4 Å². The number of amides is 1. The first-order chi connectivity index (χ1) is 13.6. The zero-order valence-electron chi connectivity index (χ0n) is 16.2. The summed E-state index contributed by atoms with van der Waals surface area (Å²) in [5.74, 6) is 0.570. The van der Waals surface area contributed by atoms with Crippen molar-refractivity contribution in [3.63, 3.8) is 0 Å². The Hall–Kier alpha value is -3.00. The fourth-order valence-electron chi connectivity index (χ4n) is 3.56. The van der Waals surface area contributed by atoms with Crippen LogP contribution >= 0.6 is 0 Å². The Morgan fingerprint density at radius 2 is 1.93 bits per heavy atom. The van der Waals surface area contributed by atoms with Gasteiger partial charge in [-0.05, 0) is 50.1 Å². The summed E-state index contributed by atoms with van der Waals surface area (Å²) in [6.07, 6.45) is 2.48. The van der Waals surface area contributed by atoms with E-state index in [1.165, 1.54) is 6.33 Å². The molecule has 3 heterocycles. The number of benzene rings is 1. The van der Waals surface area contributed by atoms with E-state index in [-0.39, 0.29) is 5.91 Å². The third kappa shape index (κ3) is 3.82. The van der Waals surface area contributed by atoms with E-state index in [4.69, 9.17) is 4.74 Å². The van der Waals surface area contributed by atoms with Gasteiger partial charge in [0.05, 0.1) is 13.2 Å². The van der Waals surface area contributed by atoms with Gasteiger partial charge in [-0.25, -0.2) is 9.50 Å². The summed E-state index contributed by atoms with van der Waals surface area (Å²) in [5, 5.41) is 7.17. The number of nitrogens with one attached hydrogen (secondary N) is 1. The predicted molar refractivity (Wildman–Crippen MR) is 107 cm³/mol. The molecule has 2 aromatic heterocycles. The van der Waals surface area contributed by atoms with E-state index in [1.807, 2.05) is 38.1 Å². The molecular weight excluding hydrogens is 356 g/mol. The van der Waals surface area contributed by atoms with Crippen LogP contribution in [0.25, 0.3) is 5.78 Å². The number of hydrogen-bond acceptors (Lipinski definition) is 6. The lowest BCUT2D eigenvalue weighted by atomic mass is 10.1. The third-order valence-corrected chi connectivity index (χ3v) is 5.12. The van der Waals surface area contributed by atoms with Crippen molar-refractivity contribution in [2.75, 3.05) is 36.5 Å². The number of morpholine rings is 1. The van der Waals surface area contributed by atoms with Crippen molar-refractivity contribution in [1.82, 2.24) is 19.6 Å². The molecule has 8 heteroatoms. The minimum absolute atomic E-state index is 0.0170. The highest BCUT2D eigenvalue weighted by atomic mass is 16.5. The average Bonchev–Trinajstić information content (AvgIpc) is 3.17. The highest BCUT2D eigenvalue weighted by Gasteiger charge is 2.14.